The predicted molar refractivity (Wildman–Crippen MR) is 49.1 cm³/mol. The number of halogens is 5. The molecule has 16 heavy (non-hydrogen) atoms. The second kappa shape index (κ2) is 6.59. The van der Waals surface area contributed by atoms with Gasteiger partial charge in [0.25, 0.3) is 0 Å². The Labute approximate surface area is 89.7 Å². The number of aliphatic hydroxyl groups is 2. The number of allylic oxidation sites excluding steroid dienone is 1. The molecule has 0 bridgehead atoms. The molecular formula is C9H13F5O2. The van der Waals surface area contributed by atoms with Gasteiger partial charge in [0.05, 0.1) is 12.7 Å². The average Bonchev–Trinajstić information content (AvgIpc) is 2.19. The summed E-state index contributed by atoms with van der Waals surface area (Å²) in [5.41, 5.74) is 0. The van der Waals surface area contributed by atoms with Gasteiger partial charge in [0.15, 0.2) is 5.83 Å². The molecule has 2 nitrogen and oxygen atoms in total. The highest BCUT2D eigenvalue weighted by molar-refractivity contribution is 5.06. The molecular weight excluding hydrogens is 235 g/mol. The zero-order chi connectivity index (χ0) is 13.6. The van der Waals surface area contributed by atoms with E-state index >= 15 is 0 Å². The Morgan fingerprint density at radius 3 is 1.81 bits per heavy atom. The highest BCUT2D eigenvalue weighted by Gasteiger charge is 2.59. The molecule has 0 aliphatic carbocycles. The molecule has 0 aromatic carbocycles. The molecule has 0 spiro atoms. The van der Waals surface area contributed by atoms with Gasteiger partial charge in [-0.3, -0.25) is 0 Å². The van der Waals surface area contributed by atoms with Gasteiger partial charge in [-0.25, -0.2) is 4.39 Å². The zero-order valence-corrected chi connectivity index (χ0v) is 8.40. The van der Waals surface area contributed by atoms with Gasteiger partial charge in [0.2, 0.25) is 0 Å². The summed E-state index contributed by atoms with van der Waals surface area (Å²) in [4.78, 5) is 0. The van der Waals surface area contributed by atoms with E-state index in [1.54, 1.807) is 0 Å². The Morgan fingerprint density at radius 2 is 1.56 bits per heavy atom. The van der Waals surface area contributed by atoms with Gasteiger partial charge in [0, 0.05) is 6.42 Å². The summed E-state index contributed by atoms with van der Waals surface area (Å²) in [6.45, 7) is 6.98. The number of aliphatic hydroxyl groups excluding tert-OH is 2. The van der Waals surface area contributed by atoms with E-state index in [1.807, 2.05) is 0 Å². The van der Waals surface area contributed by atoms with E-state index in [0.29, 0.717) is 0 Å². The molecule has 1 atom stereocenters. The van der Waals surface area contributed by atoms with Crippen molar-refractivity contribution in [1.29, 1.82) is 0 Å². The second-order valence-corrected chi connectivity index (χ2v) is 2.72. The molecule has 0 radical (unpaired) electrons. The number of hydrogen-bond donors (Lipinski definition) is 2. The molecule has 0 saturated carbocycles. The van der Waals surface area contributed by atoms with Crippen LogP contribution in [0.15, 0.2) is 25.6 Å². The highest BCUT2D eigenvalue weighted by atomic mass is 19.3. The van der Waals surface area contributed by atoms with Crippen LogP contribution in [-0.4, -0.2) is 34.8 Å². The number of alkyl halides is 4. The lowest BCUT2D eigenvalue weighted by atomic mass is 10.0. The molecule has 7 heteroatoms. The van der Waals surface area contributed by atoms with Crippen molar-refractivity contribution in [2.45, 2.75) is 24.4 Å². The molecule has 0 aliphatic rings. The Balaban J connectivity index is 0. The minimum absolute atomic E-state index is 1.11. The third-order valence-corrected chi connectivity index (χ3v) is 1.50. The van der Waals surface area contributed by atoms with E-state index < -0.39 is 36.8 Å². The summed E-state index contributed by atoms with van der Waals surface area (Å²) in [7, 11) is 0. The van der Waals surface area contributed by atoms with E-state index in [9.17, 15) is 22.0 Å². The molecule has 0 rings (SSSR count). The van der Waals surface area contributed by atoms with Crippen molar-refractivity contribution in [3.8, 4) is 0 Å². The summed E-state index contributed by atoms with van der Waals surface area (Å²) in [5, 5.41) is 16.7. The molecule has 0 heterocycles. The first-order chi connectivity index (χ1) is 7.15. The average molecular weight is 248 g/mol. The largest absolute Gasteiger partial charge is 0.394 e. The third-order valence-electron chi connectivity index (χ3n) is 1.50. The molecule has 2 N–H and O–H groups in total. The maximum absolute atomic E-state index is 12.6. The van der Waals surface area contributed by atoms with Crippen LogP contribution in [0.1, 0.15) is 6.42 Å². The quantitative estimate of drug-likeness (QED) is 0.579. The normalized spacial score (nSPS) is 13.7. The zero-order valence-electron chi connectivity index (χ0n) is 8.40. The van der Waals surface area contributed by atoms with Crippen LogP contribution in [0.25, 0.3) is 0 Å². The topological polar surface area (TPSA) is 40.5 Å². The first-order valence-electron chi connectivity index (χ1n) is 4.04. The number of hydrogen-bond acceptors (Lipinski definition) is 2. The maximum atomic E-state index is 12.6. The van der Waals surface area contributed by atoms with Gasteiger partial charge < -0.3 is 10.2 Å². The standard InChI is InChI=1S/C7H9F5O2.C2H4/c1-4(8)7(11,12)6(9,10)2-5(14)3-13;1-2/h5,13-14H,1-3H2;1-2H2. The van der Waals surface area contributed by atoms with Gasteiger partial charge in [0.1, 0.15) is 0 Å². The van der Waals surface area contributed by atoms with Crippen LogP contribution in [-0.2, 0) is 0 Å². The Hall–Kier alpha value is -0.950. The van der Waals surface area contributed by atoms with Crippen molar-refractivity contribution in [3.63, 3.8) is 0 Å². The van der Waals surface area contributed by atoms with Gasteiger partial charge >= 0.3 is 11.8 Å². The molecule has 0 saturated heterocycles. The van der Waals surface area contributed by atoms with Crippen LogP contribution in [0.3, 0.4) is 0 Å². The smallest absolute Gasteiger partial charge is 0.360 e. The van der Waals surface area contributed by atoms with E-state index in [-0.39, 0.29) is 0 Å². The van der Waals surface area contributed by atoms with E-state index in [1.165, 1.54) is 0 Å². The van der Waals surface area contributed by atoms with Gasteiger partial charge in [-0.05, 0) is 0 Å². The Kier molecular flexibility index (Phi) is 7.19. The monoisotopic (exact) mass is 248 g/mol. The summed E-state index contributed by atoms with van der Waals surface area (Å²) >= 11 is 0. The van der Waals surface area contributed by atoms with Crippen LogP contribution >= 0.6 is 0 Å². The number of rotatable bonds is 5. The van der Waals surface area contributed by atoms with Crippen molar-refractivity contribution in [1.82, 2.24) is 0 Å². The molecule has 0 aromatic heterocycles. The van der Waals surface area contributed by atoms with Crippen LogP contribution in [0.5, 0.6) is 0 Å². The molecule has 0 fully saturated rings. The van der Waals surface area contributed by atoms with E-state index in [0.717, 1.165) is 0 Å². The second-order valence-electron chi connectivity index (χ2n) is 2.72. The van der Waals surface area contributed by atoms with Crippen molar-refractivity contribution in [2.75, 3.05) is 6.61 Å². The summed E-state index contributed by atoms with van der Waals surface area (Å²) in [6, 6.07) is 0. The Morgan fingerprint density at radius 1 is 1.19 bits per heavy atom. The van der Waals surface area contributed by atoms with Crippen LogP contribution in [0, 0.1) is 0 Å². The van der Waals surface area contributed by atoms with Crippen LogP contribution in [0.2, 0.25) is 0 Å². The summed E-state index contributed by atoms with van der Waals surface area (Å²) in [6.07, 6.45) is -3.77. The molecule has 1 unspecified atom stereocenters. The molecule has 96 valence electrons. The maximum Gasteiger partial charge on any atom is 0.360 e. The predicted octanol–water partition coefficient (Wildman–Crippen LogP) is 2.29. The van der Waals surface area contributed by atoms with Crippen molar-refractivity contribution in [3.05, 3.63) is 25.6 Å². The van der Waals surface area contributed by atoms with E-state index in [2.05, 4.69) is 19.7 Å². The minimum Gasteiger partial charge on any atom is -0.394 e. The minimum atomic E-state index is -5.04. The fourth-order valence-corrected chi connectivity index (χ4v) is 0.687. The lowest BCUT2D eigenvalue weighted by Gasteiger charge is -2.26. The summed E-state index contributed by atoms with van der Waals surface area (Å²) in [5.74, 6) is -12.3. The molecule has 0 aliphatic heterocycles. The van der Waals surface area contributed by atoms with Gasteiger partial charge in [-0.2, -0.15) is 17.6 Å². The first kappa shape index (κ1) is 17.4. The van der Waals surface area contributed by atoms with Gasteiger partial charge in [-0.1, -0.05) is 6.58 Å². The lowest BCUT2D eigenvalue weighted by Crippen LogP contribution is -2.43. The Bertz CT molecular complexity index is 230. The lowest BCUT2D eigenvalue weighted by molar-refractivity contribution is -0.209. The molecule has 0 aromatic rings. The molecule has 0 amide bonds. The van der Waals surface area contributed by atoms with Crippen LogP contribution in [0.4, 0.5) is 22.0 Å². The van der Waals surface area contributed by atoms with E-state index in [4.69, 9.17) is 10.2 Å². The SMILES string of the molecule is C=C.C=C(F)C(F)(F)C(F)(F)CC(O)CO. The van der Waals surface area contributed by atoms with Crippen molar-refractivity contribution in [2.24, 2.45) is 0 Å². The van der Waals surface area contributed by atoms with Gasteiger partial charge in [-0.15, -0.1) is 13.2 Å². The van der Waals surface area contributed by atoms with Crippen molar-refractivity contribution >= 4 is 0 Å². The first-order valence-corrected chi connectivity index (χ1v) is 4.04. The fourth-order valence-electron chi connectivity index (χ4n) is 0.687. The highest BCUT2D eigenvalue weighted by Crippen LogP contribution is 2.42. The van der Waals surface area contributed by atoms with Crippen LogP contribution < -0.4 is 0 Å². The van der Waals surface area contributed by atoms with Crippen molar-refractivity contribution < 1.29 is 32.2 Å². The summed E-state index contributed by atoms with van der Waals surface area (Å²) < 4.78 is 61.9. The fraction of sp³-hybridized carbons (Fsp3) is 0.556. The third kappa shape index (κ3) is 4.28.